The zero-order chi connectivity index (χ0) is 27.7. The summed E-state index contributed by atoms with van der Waals surface area (Å²) in [6.07, 6.45) is -0.0124. The molecule has 0 saturated carbocycles. The molecule has 3 heterocycles. The summed E-state index contributed by atoms with van der Waals surface area (Å²) in [6.45, 7) is 0.350. The van der Waals surface area contributed by atoms with Crippen molar-refractivity contribution in [1.29, 1.82) is 0 Å². The number of carboxylic acids is 1. The van der Waals surface area contributed by atoms with E-state index in [1.807, 2.05) is 30.3 Å². The molecule has 3 aromatic heterocycles. The Labute approximate surface area is 224 Å². The minimum atomic E-state index is -1.16. The summed E-state index contributed by atoms with van der Waals surface area (Å²) in [6, 6.07) is 13.6. The highest BCUT2D eigenvalue weighted by molar-refractivity contribution is 7.99. The minimum absolute atomic E-state index is 0.0205. The number of amides is 1. The smallest absolute Gasteiger partial charge is 0.329 e. The van der Waals surface area contributed by atoms with Gasteiger partial charge in [-0.25, -0.2) is 14.8 Å². The van der Waals surface area contributed by atoms with E-state index < -0.39 is 23.3 Å². The first-order valence-corrected chi connectivity index (χ1v) is 12.7. The number of fused-ring (bicyclic) bond motifs is 2. The molecule has 6 N–H and O–H groups in total. The highest BCUT2D eigenvalue weighted by Crippen LogP contribution is 2.30. The third kappa shape index (κ3) is 5.46. The van der Waals surface area contributed by atoms with E-state index in [2.05, 4.69) is 25.3 Å². The van der Waals surface area contributed by atoms with Gasteiger partial charge in [0.2, 0.25) is 5.91 Å². The standard InChI is InChI=1S/C25H24N8O5S/c1-32-20-19(21(35)31-24(32)38)33(12-13-5-3-2-4-6-13)25(30-20)39-23-28-16-9-7-14(11-17(16)29-23)27-18(34)10-8-15(26)22(36)37/h2-7,9,11,15H,8,10,12,26H2,1H3,(H,27,34)(H,28,29)(H,36,37)(H,31,35,38)/t15-/m0/s1. The van der Waals surface area contributed by atoms with Crippen LogP contribution in [0, 0.1) is 0 Å². The number of nitrogens with two attached hydrogens (primary N) is 1. The number of imidazole rings is 2. The molecule has 0 saturated heterocycles. The third-order valence-corrected chi connectivity index (χ3v) is 6.97. The quantitative estimate of drug-likeness (QED) is 0.182. The van der Waals surface area contributed by atoms with Gasteiger partial charge in [0.15, 0.2) is 21.5 Å². The second-order valence-electron chi connectivity index (χ2n) is 8.86. The molecule has 0 aliphatic carbocycles. The fourth-order valence-electron chi connectivity index (χ4n) is 4.04. The number of aromatic nitrogens is 6. The topological polar surface area (TPSA) is 194 Å². The largest absolute Gasteiger partial charge is 0.480 e. The molecule has 5 rings (SSSR count). The van der Waals surface area contributed by atoms with E-state index in [-0.39, 0.29) is 29.9 Å². The lowest BCUT2D eigenvalue weighted by Crippen LogP contribution is -2.31. The number of H-pyrrole nitrogens is 2. The molecule has 13 nitrogen and oxygen atoms in total. The molecule has 200 valence electrons. The van der Waals surface area contributed by atoms with Gasteiger partial charge in [-0.2, -0.15) is 0 Å². The number of anilines is 1. The van der Waals surface area contributed by atoms with Crippen LogP contribution in [-0.4, -0.2) is 52.1 Å². The van der Waals surface area contributed by atoms with Gasteiger partial charge in [-0.15, -0.1) is 0 Å². The number of carbonyl (C=O) groups excluding carboxylic acids is 1. The monoisotopic (exact) mass is 548 g/mol. The molecule has 0 unspecified atom stereocenters. The Balaban J connectivity index is 1.44. The third-order valence-electron chi connectivity index (χ3n) is 6.09. The zero-order valence-electron chi connectivity index (χ0n) is 20.7. The lowest BCUT2D eigenvalue weighted by molar-refractivity contribution is -0.138. The van der Waals surface area contributed by atoms with E-state index in [1.165, 1.54) is 16.3 Å². The molecular formula is C25H24N8O5S. The van der Waals surface area contributed by atoms with Crippen LogP contribution in [0.3, 0.4) is 0 Å². The first kappa shape index (κ1) is 25.9. The van der Waals surface area contributed by atoms with Gasteiger partial charge in [-0.1, -0.05) is 30.3 Å². The number of aryl methyl sites for hydroxylation is 1. The van der Waals surface area contributed by atoms with Crippen LogP contribution in [0.1, 0.15) is 18.4 Å². The van der Waals surface area contributed by atoms with Gasteiger partial charge in [-0.05, 0) is 41.9 Å². The van der Waals surface area contributed by atoms with Crippen molar-refractivity contribution in [2.75, 3.05) is 5.32 Å². The first-order chi connectivity index (χ1) is 18.7. The van der Waals surface area contributed by atoms with Crippen molar-refractivity contribution in [3.8, 4) is 0 Å². The fourth-order valence-corrected chi connectivity index (χ4v) is 4.91. The van der Waals surface area contributed by atoms with Crippen LogP contribution in [0.25, 0.3) is 22.2 Å². The number of hydrogen-bond acceptors (Lipinski definition) is 8. The fraction of sp³-hybridized carbons (Fsp3) is 0.200. The van der Waals surface area contributed by atoms with Crippen LogP contribution in [0.2, 0.25) is 0 Å². The van der Waals surface area contributed by atoms with Crippen molar-refractivity contribution in [1.82, 2.24) is 29.1 Å². The molecule has 0 aliphatic rings. The Bertz CT molecular complexity index is 1820. The second-order valence-corrected chi connectivity index (χ2v) is 9.82. The van der Waals surface area contributed by atoms with E-state index >= 15 is 0 Å². The normalized spacial score (nSPS) is 12.2. The number of hydrogen-bond donors (Lipinski definition) is 5. The summed E-state index contributed by atoms with van der Waals surface area (Å²) < 4.78 is 3.04. The molecule has 1 amide bonds. The molecule has 14 heteroatoms. The van der Waals surface area contributed by atoms with Crippen molar-refractivity contribution < 1.29 is 14.7 Å². The van der Waals surface area contributed by atoms with Crippen LogP contribution in [0.15, 0.2) is 68.4 Å². The minimum Gasteiger partial charge on any atom is -0.480 e. The summed E-state index contributed by atoms with van der Waals surface area (Å²) in [7, 11) is 1.54. The average Bonchev–Trinajstić information content (AvgIpc) is 3.47. The predicted molar refractivity (Wildman–Crippen MR) is 145 cm³/mol. The van der Waals surface area contributed by atoms with Gasteiger partial charge in [-0.3, -0.25) is 23.9 Å². The highest BCUT2D eigenvalue weighted by Gasteiger charge is 2.20. The number of carbonyl (C=O) groups is 2. The maximum Gasteiger partial charge on any atom is 0.329 e. The molecule has 0 radical (unpaired) electrons. The van der Waals surface area contributed by atoms with E-state index in [4.69, 9.17) is 10.8 Å². The summed E-state index contributed by atoms with van der Waals surface area (Å²) in [5.41, 5.74) is 7.64. The SMILES string of the molecule is Cn1c(=O)[nH]c(=O)c2c1nc(Sc1nc3ccc(NC(=O)CC[C@H](N)C(=O)O)cc3[nH]1)n2Cc1ccccc1. The average molecular weight is 549 g/mol. The molecular weight excluding hydrogens is 524 g/mol. The number of rotatable bonds is 9. The summed E-state index contributed by atoms with van der Waals surface area (Å²) >= 11 is 1.20. The Kier molecular flexibility index (Phi) is 7.04. The molecule has 0 aliphatic heterocycles. The van der Waals surface area contributed by atoms with Gasteiger partial charge < -0.3 is 25.7 Å². The van der Waals surface area contributed by atoms with Crippen molar-refractivity contribution in [2.45, 2.75) is 35.7 Å². The van der Waals surface area contributed by atoms with E-state index in [9.17, 15) is 19.2 Å². The van der Waals surface area contributed by atoms with Crippen LogP contribution in [0.5, 0.6) is 0 Å². The van der Waals surface area contributed by atoms with Crippen molar-refractivity contribution in [2.24, 2.45) is 12.8 Å². The Morgan fingerprint density at radius 3 is 2.64 bits per heavy atom. The van der Waals surface area contributed by atoms with E-state index in [0.29, 0.717) is 33.6 Å². The molecule has 39 heavy (non-hydrogen) atoms. The maximum atomic E-state index is 12.8. The van der Waals surface area contributed by atoms with Crippen LogP contribution in [0.4, 0.5) is 5.69 Å². The number of aliphatic carboxylic acids is 1. The summed E-state index contributed by atoms with van der Waals surface area (Å²) in [5.74, 6) is -1.51. The molecule has 1 atom stereocenters. The Morgan fingerprint density at radius 1 is 1.13 bits per heavy atom. The van der Waals surface area contributed by atoms with Gasteiger partial charge in [0.25, 0.3) is 5.56 Å². The molecule has 0 spiro atoms. The number of carboxylic acid groups (broad SMARTS) is 1. The predicted octanol–water partition coefficient (Wildman–Crippen LogP) is 1.63. The molecule has 0 fully saturated rings. The van der Waals surface area contributed by atoms with Gasteiger partial charge in [0.1, 0.15) is 6.04 Å². The number of aromatic amines is 2. The number of benzene rings is 2. The lowest BCUT2D eigenvalue weighted by atomic mass is 10.1. The van der Waals surface area contributed by atoms with Crippen LogP contribution >= 0.6 is 11.8 Å². The highest BCUT2D eigenvalue weighted by atomic mass is 32.2. The van der Waals surface area contributed by atoms with Gasteiger partial charge >= 0.3 is 11.7 Å². The Hall–Kier alpha value is -4.69. The van der Waals surface area contributed by atoms with Gasteiger partial charge in [0, 0.05) is 19.2 Å². The summed E-state index contributed by atoms with van der Waals surface area (Å²) in [5, 5.41) is 12.6. The van der Waals surface area contributed by atoms with Crippen LogP contribution in [-0.2, 0) is 23.2 Å². The van der Waals surface area contributed by atoms with Gasteiger partial charge in [0.05, 0.1) is 17.6 Å². The van der Waals surface area contributed by atoms with E-state index in [1.54, 1.807) is 29.8 Å². The van der Waals surface area contributed by atoms with Crippen LogP contribution < -0.4 is 22.3 Å². The number of nitrogens with zero attached hydrogens (tertiary/aromatic N) is 4. The molecule has 5 aromatic rings. The maximum absolute atomic E-state index is 12.8. The molecule has 0 bridgehead atoms. The van der Waals surface area contributed by atoms with E-state index in [0.717, 1.165) is 5.56 Å². The lowest BCUT2D eigenvalue weighted by Gasteiger charge is -2.08. The molecule has 2 aromatic carbocycles. The first-order valence-electron chi connectivity index (χ1n) is 11.9. The summed E-state index contributed by atoms with van der Waals surface area (Å²) in [4.78, 5) is 62.8. The van der Waals surface area contributed by atoms with Crippen molar-refractivity contribution in [3.05, 3.63) is 74.9 Å². The number of nitrogens with one attached hydrogen (secondary N) is 3. The van der Waals surface area contributed by atoms with Crippen molar-refractivity contribution in [3.63, 3.8) is 0 Å². The van der Waals surface area contributed by atoms with Crippen molar-refractivity contribution >= 4 is 51.5 Å². The zero-order valence-corrected chi connectivity index (χ0v) is 21.5. The Morgan fingerprint density at radius 2 is 1.90 bits per heavy atom. The second kappa shape index (κ2) is 10.6.